The number of amidine groups is 1. The zero-order valence-corrected chi connectivity index (χ0v) is 17.3. The number of carbonyl (C=O) groups is 2. The summed E-state index contributed by atoms with van der Waals surface area (Å²) in [5.74, 6) is -0.399. The normalized spacial score (nSPS) is 14.3. The van der Waals surface area contributed by atoms with Crippen molar-refractivity contribution in [2.75, 3.05) is 24.3 Å². The molecule has 0 saturated carbocycles. The number of hydrogen-bond donors (Lipinski definition) is 3. The number of fused-ring (bicyclic) bond motifs is 1. The molecule has 1 aromatic carbocycles. The van der Waals surface area contributed by atoms with E-state index < -0.39 is 5.41 Å². The van der Waals surface area contributed by atoms with E-state index in [4.69, 9.17) is 15.7 Å². The smallest absolute Gasteiger partial charge is 0.318 e. The van der Waals surface area contributed by atoms with Crippen LogP contribution in [0.1, 0.15) is 42.4 Å². The van der Waals surface area contributed by atoms with Crippen molar-refractivity contribution in [1.82, 2.24) is 15.3 Å². The Hall–Kier alpha value is -3.69. The number of benzene rings is 1. The van der Waals surface area contributed by atoms with Gasteiger partial charge in [-0.25, -0.2) is 0 Å². The molecule has 158 valence electrons. The highest BCUT2D eigenvalue weighted by atomic mass is 16.5. The summed E-state index contributed by atoms with van der Waals surface area (Å²) in [6.45, 7) is 5.44. The second kappa shape index (κ2) is 7.97. The number of hydrogen-bond acceptors (Lipinski definition) is 8. The number of ether oxygens (including phenoxy) is 1. The average molecular weight is 412 g/mol. The highest BCUT2D eigenvalue weighted by Gasteiger charge is 2.32. The first-order valence-corrected chi connectivity index (χ1v) is 9.32. The van der Waals surface area contributed by atoms with Gasteiger partial charge in [0.25, 0.3) is 5.91 Å². The summed E-state index contributed by atoms with van der Waals surface area (Å²) in [5.41, 5.74) is 7.35. The van der Waals surface area contributed by atoms with Gasteiger partial charge in [-0.1, -0.05) is 17.3 Å². The molecule has 0 radical (unpaired) electrons. The zero-order chi connectivity index (χ0) is 22.1. The van der Waals surface area contributed by atoms with E-state index >= 15 is 0 Å². The maximum absolute atomic E-state index is 13.0. The molecule has 30 heavy (non-hydrogen) atoms. The molecular weight excluding hydrogens is 388 g/mol. The number of anilines is 2. The lowest BCUT2D eigenvalue weighted by molar-refractivity contribution is -0.124. The molecule has 0 fully saturated rings. The molecule has 1 aliphatic rings. The van der Waals surface area contributed by atoms with Crippen LogP contribution in [0.5, 0.6) is 6.01 Å². The van der Waals surface area contributed by atoms with Gasteiger partial charge in [0.05, 0.1) is 18.2 Å². The molecule has 3 rings (SSSR count). The fourth-order valence-corrected chi connectivity index (χ4v) is 3.24. The van der Waals surface area contributed by atoms with E-state index in [1.54, 1.807) is 43.0 Å². The Morgan fingerprint density at radius 3 is 2.57 bits per heavy atom. The SMILES string of the molecule is COc1nc(N)c2c(n1)CCN(c1ccc(C(C)(C)C(=O)N/C(C)=N/O)cc1)C2=O. The Kier molecular flexibility index (Phi) is 5.59. The summed E-state index contributed by atoms with van der Waals surface area (Å²) >= 11 is 0. The highest BCUT2D eigenvalue weighted by Crippen LogP contribution is 2.30. The van der Waals surface area contributed by atoms with Gasteiger partial charge in [-0.15, -0.1) is 0 Å². The molecule has 4 N–H and O–H groups in total. The van der Waals surface area contributed by atoms with Crippen LogP contribution in [0.3, 0.4) is 0 Å². The summed E-state index contributed by atoms with van der Waals surface area (Å²) in [5, 5.41) is 14.3. The summed E-state index contributed by atoms with van der Waals surface area (Å²) < 4.78 is 5.02. The van der Waals surface area contributed by atoms with E-state index in [9.17, 15) is 9.59 Å². The van der Waals surface area contributed by atoms with Gasteiger partial charge in [-0.2, -0.15) is 9.97 Å². The topological polar surface area (TPSA) is 143 Å². The van der Waals surface area contributed by atoms with Crippen molar-refractivity contribution in [3.63, 3.8) is 0 Å². The number of aromatic nitrogens is 2. The van der Waals surface area contributed by atoms with E-state index in [0.29, 0.717) is 24.3 Å². The zero-order valence-electron chi connectivity index (χ0n) is 17.3. The molecule has 10 heteroatoms. The largest absolute Gasteiger partial charge is 0.467 e. The van der Waals surface area contributed by atoms with E-state index in [1.165, 1.54) is 14.0 Å². The van der Waals surface area contributed by atoms with E-state index in [0.717, 1.165) is 5.56 Å². The quantitative estimate of drug-likeness (QED) is 0.299. The Morgan fingerprint density at radius 1 is 1.30 bits per heavy atom. The van der Waals surface area contributed by atoms with E-state index in [2.05, 4.69) is 20.4 Å². The number of nitrogens with one attached hydrogen (secondary N) is 1. The van der Waals surface area contributed by atoms with Gasteiger partial charge >= 0.3 is 6.01 Å². The standard InChI is InChI=1S/C20H24N6O4/c1-11(25-29)22-18(28)20(2,3)12-5-7-13(8-6-12)26-10-9-14-15(17(26)27)16(21)24-19(23-14)30-4/h5-8,29H,9-10H2,1-4H3,(H2,21,23,24)(H,22,25,28). The average Bonchev–Trinajstić information content (AvgIpc) is 2.73. The number of amides is 2. The van der Waals surface area contributed by atoms with Crippen molar-refractivity contribution >= 4 is 29.2 Å². The molecule has 2 heterocycles. The summed E-state index contributed by atoms with van der Waals surface area (Å²) in [6.07, 6.45) is 0.513. The van der Waals surface area contributed by atoms with Crippen LogP contribution in [-0.2, 0) is 16.6 Å². The van der Waals surface area contributed by atoms with Crippen LogP contribution in [0, 0.1) is 0 Å². The number of nitrogens with two attached hydrogens (primary N) is 1. The third kappa shape index (κ3) is 3.76. The van der Waals surface area contributed by atoms with Crippen molar-refractivity contribution in [2.24, 2.45) is 5.16 Å². The number of carbonyl (C=O) groups excluding carboxylic acids is 2. The highest BCUT2D eigenvalue weighted by molar-refractivity contribution is 6.10. The molecule has 1 aromatic heterocycles. The molecule has 0 bridgehead atoms. The molecule has 10 nitrogen and oxygen atoms in total. The third-order valence-corrected chi connectivity index (χ3v) is 5.12. The number of rotatable bonds is 4. The monoisotopic (exact) mass is 412 g/mol. The van der Waals surface area contributed by atoms with Crippen LogP contribution in [0.15, 0.2) is 29.4 Å². The predicted octanol–water partition coefficient (Wildman–Crippen LogP) is 1.47. The van der Waals surface area contributed by atoms with Gasteiger partial charge in [0, 0.05) is 18.7 Å². The summed E-state index contributed by atoms with van der Waals surface area (Å²) in [7, 11) is 1.44. The van der Waals surface area contributed by atoms with Gasteiger partial charge in [0.1, 0.15) is 17.2 Å². The van der Waals surface area contributed by atoms with Gasteiger partial charge < -0.3 is 25.9 Å². The van der Waals surface area contributed by atoms with Crippen LogP contribution in [-0.4, -0.2) is 46.5 Å². The molecular formula is C20H24N6O4. The third-order valence-electron chi connectivity index (χ3n) is 5.12. The number of nitrogen functional groups attached to an aromatic ring is 1. The molecule has 2 aromatic rings. The predicted molar refractivity (Wildman–Crippen MR) is 111 cm³/mol. The summed E-state index contributed by atoms with van der Waals surface area (Å²) in [4.78, 5) is 35.3. The summed E-state index contributed by atoms with van der Waals surface area (Å²) in [6, 6.07) is 7.27. The van der Waals surface area contributed by atoms with Gasteiger partial charge in [-0.05, 0) is 38.5 Å². The minimum Gasteiger partial charge on any atom is -0.467 e. The molecule has 0 aliphatic carbocycles. The number of oxime groups is 1. The van der Waals surface area contributed by atoms with Crippen molar-refractivity contribution in [1.29, 1.82) is 0 Å². The molecule has 0 unspecified atom stereocenters. The van der Waals surface area contributed by atoms with E-state index in [-0.39, 0.29) is 35.0 Å². The van der Waals surface area contributed by atoms with Crippen molar-refractivity contribution < 1.29 is 19.5 Å². The van der Waals surface area contributed by atoms with Gasteiger partial charge in [0.15, 0.2) is 0 Å². The van der Waals surface area contributed by atoms with E-state index in [1.807, 2.05) is 0 Å². The Labute approximate surface area is 173 Å². The first-order valence-electron chi connectivity index (χ1n) is 9.32. The van der Waals surface area contributed by atoms with Gasteiger partial charge in [0.2, 0.25) is 5.91 Å². The molecule has 0 saturated heterocycles. The van der Waals surface area contributed by atoms with Crippen LogP contribution < -0.4 is 20.7 Å². The Balaban J connectivity index is 1.85. The minimum absolute atomic E-state index is 0.0851. The number of nitrogens with zero attached hydrogens (tertiary/aromatic N) is 4. The molecule has 1 aliphatic heterocycles. The van der Waals surface area contributed by atoms with Crippen LogP contribution in [0.4, 0.5) is 11.5 Å². The second-order valence-electron chi connectivity index (χ2n) is 7.44. The van der Waals surface area contributed by atoms with Crippen LogP contribution in [0.25, 0.3) is 0 Å². The minimum atomic E-state index is -0.877. The van der Waals surface area contributed by atoms with Crippen molar-refractivity contribution in [2.45, 2.75) is 32.6 Å². The van der Waals surface area contributed by atoms with Crippen LogP contribution >= 0.6 is 0 Å². The Morgan fingerprint density at radius 2 is 1.97 bits per heavy atom. The lowest BCUT2D eigenvalue weighted by atomic mass is 9.83. The fraction of sp³-hybridized carbons (Fsp3) is 0.350. The fourth-order valence-electron chi connectivity index (χ4n) is 3.24. The first-order chi connectivity index (χ1) is 14.2. The molecule has 0 atom stereocenters. The molecule has 0 spiro atoms. The lowest BCUT2D eigenvalue weighted by Gasteiger charge is -2.29. The Bertz CT molecular complexity index is 1020. The van der Waals surface area contributed by atoms with Crippen molar-refractivity contribution in [3.05, 3.63) is 41.1 Å². The van der Waals surface area contributed by atoms with Crippen LogP contribution in [0.2, 0.25) is 0 Å². The van der Waals surface area contributed by atoms with Gasteiger partial charge in [-0.3, -0.25) is 9.59 Å². The maximum atomic E-state index is 13.0. The second-order valence-corrected chi connectivity index (χ2v) is 7.44. The first kappa shape index (κ1) is 21.0. The molecule has 2 amide bonds. The number of methoxy groups -OCH3 is 1. The van der Waals surface area contributed by atoms with Crippen molar-refractivity contribution in [3.8, 4) is 6.01 Å². The lowest BCUT2D eigenvalue weighted by Crippen LogP contribution is -2.42. The maximum Gasteiger partial charge on any atom is 0.318 e.